The van der Waals surface area contributed by atoms with Crippen molar-refractivity contribution in [1.82, 2.24) is 0 Å². The fourth-order valence-corrected chi connectivity index (χ4v) is 8.77. The van der Waals surface area contributed by atoms with Gasteiger partial charge in [0.1, 0.15) is 13.2 Å². The van der Waals surface area contributed by atoms with E-state index < -0.39 is 24.3 Å². The summed E-state index contributed by atoms with van der Waals surface area (Å²) < 4.78 is 22.8. The molecule has 81 heavy (non-hydrogen) atoms. The summed E-state index contributed by atoms with van der Waals surface area (Å²) >= 11 is 0. The van der Waals surface area contributed by atoms with Gasteiger partial charge < -0.3 is 28.5 Å². The summed E-state index contributed by atoms with van der Waals surface area (Å²) in [6.07, 6.45) is 84.7. The number of hydrogen-bond donors (Lipinski definition) is 1. The first-order chi connectivity index (χ1) is 39.6. The van der Waals surface area contributed by atoms with E-state index in [1.165, 1.54) is 128 Å². The van der Waals surface area contributed by atoms with Crippen LogP contribution in [0.1, 0.15) is 258 Å². The summed E-state index contributed by atoms with van der Waals surface area (Å²) in [5.74, 6) is -2.06. The van der Waals surface area contributed by atoms with Crippen molar-refractivity contribution in [2.75, 3.05) is 47.5 Å². The number of unbranched alkanes of at least 4 members (excludes halogenated alkanes) is 24. The lowest BCUT2D eigenvalue weighted by molar-refractivity contribution is -0.870. The maximum Gasteiger partial charge on any atom is 0.361 e. The van der Waals surface area contributed by atoms with Crippen molar-refractivity contribution in [1.29, 1.82) is 0 Å². The Morgan fingerprint density at radius 1 is 0.370 bits per heavy atom. The zero-order chi connectivity index (χ0) is 59.1. The van der Waals surface area contributed by atoms with Gasteiger partial charge in [-0.3, -0.25) is 9.59 Å². The number of ether oxygens (including phenoxy) is 4. The maximum atomic E-state index is 12.9. The van der Waals surface area contributed by atoms with E-state index in [4.69, 9.17) is 18.9 Å². The third-order valence-corrected chi connectivity index (χ3v) is 13.7. The molecule has 0 amide bonds. The summed E-state index contributed by atoms with van der Waals surface area (Å²) in [7, 11) is 5.95. The van der Waals surface area contributed by atoms with Crippen molar-refractivity contribution >= 4 is 17.9 Å². The van der Waals surface area contributed by atoms with Gasteiger partial charge in [-0.1, -0.05) is 264 Å². The van der Waals surface area contributed by atoms with E-state index in [2.05, 4.69) is 135 Å². The second-order valence-corrected chi connectivity index (χ2v) is 22.7. The van der Waals surface area contributed by atoms with Gasteiger partial charge in [-0.15, -0.1) is 0 Å². The van der Waals surface area contributed by atoms with Crippen molar-refractivity contribution in [2.24, 2.45) is 0 Å². The van der Waals surface area contributed by atoms with Gasteiger partial charge in [-0.2, -0.15) is 0 Å². The first kappa shape index (κ1) is 76.7. The zero-order valence-electron chi connectivity index (χ0n) is 52.7. The smallest absolute Gasteiger partial charge is 0.361 e. The average molecular weight is 1130 g/mol. The lowest BCUT2D eigenvalue weighted by Crippen LogP contribution is -2.40. The molecule has 0 saturated carbocycles. The van der Waals surface area contributed by atoms with Gasteiger partial charge in [-0.05, 0) is 103 Å². The lowest BCUT2D eigenvalue weighted by atomic mass is 10.0. The maximum absolute atomic E-state index is 12.9. The topological polar surface area (TPSA) is 108 Å². The molecule has 0 bridgehead atoms. The van der Waals surface area contributed by atoms with Gasteiger partial charge in [0.05, 0.1) is 34.4 Å². The molecular formula is C72H122NO8+. The largest absolute Gasteiger partial charge is 0.477 e. The summed E-state index contributed by atoms with van der Waals surface area (Å²) in [5, 5.41) is 9.71. The number of carbonyl (C=O) groups excluding carboxylic acids is 2. The SMILES string of the molecule is CC/C=C\C/C=C\C/C=C\C/C=C\C/C=C\C/C=C\CCCCCCCCCCCCCCCCCCCCCCCCC(=O)OC(COC(=O)CCCC/C=C\C/C=C\C/C=C\C/C=C\CC)COC(OCC[N+](C)(C)C)C(=O)O. The first-order valence-electron chi connectivity index (χ1n) is 32.7. The van der Waals surface area contributed by atoms with Gasteiger partial charge in [0.2, 0.25) is 0 Å². The highest BCUT2D eigenvalue weighted by Gasteiger charge is 2.25. The summed E-state index contributed by atoms with van der Waals surface area (Å²) in [5.41, 5.74) is 0. The lowest BCUT2D eigenvalue weighted by Gasteiger charge is -2.25. The first-order valence-corrected chi connectivity index (χ1v) is 32.7. The molecule has 0 spiro atoms. The summed E-state index contributed by atoms with van der Waals surface area (Å²) in [6.45, 7) is 4.60. The van der Waals surface area contributed by atoms with E-state index in [9.17, 15) is 19.5 Å². The van der Waals surface area contributed by atoms with Gasteiger partial charge in [0.15, 0.2) is 6.10 Å². The van der Waals surface area contributed by atoms with Crippen LogP contribution in [0.25, 0.3) is 0 Å². The second kappa shape index (κ2) is 61.8. The van der Waals surface area contributed by atoms with Crippen molar-refractivity contribution in [3.05, 3.63) is 122 Å². The van der Waals surface area contributed by atoms with Gasteiger partial charge >= 0.3 is 17.9 Å². The Balaban J connectivity index is 4.01. The minimum absolute atomic E-state index is 0.177. The van der Waals surface area contributed by atoms with Gasteiger partial charge in [-0.25, -0.2) is 4.79 Å². The number of allylic oxidation sites excluding steroid dienone is 20. The van der Waals surface area contributed by atoms with Crippen LogP contribution in [0, 0.1) is 0 Å². The van der Waals surface area contributed by atoms with E-state index in [0.29, 0.717) is 23.9 Å². The molecule has 0 heterocycles. The van der Waals surface area contributed by atoms with Crippen LogP contribution in [0.3, 0.4) is 0 Å². The normalized spacial score (nSPS) is 13.5. The number of nitrogens with zero attached hydrogens (tertiary/aromatic N) is 1. The van der Waals surface area contributed by atoms with Crippen molar-refractivity contribution in [2.45, 2.75) is 270 Å². The molecule has 0 rings (SSSR count). The van der Waals surface area contributed by atoms with E-state index in [0.717, 1.165) is 89.9 Å². The van der Waals surface area contributed by atoms with E-state index in [1.807, 2.05) is 21.1 Å². The molecule has 0 aliphatic heterocycles. The third kappa shape index (κ3) is 63.1. The second-order valence-electron chi connectivity index (χ2n) is 22.7. The quantitative estimate of drug-likeness (QED) is 0.0211. The Bertz CT molecular complexity index is 1740. The molecule has 0 fully saturated rings. The number of quaternary nitrogens is 1. The number of carbonyl (C=O) groups is 3. The fraction of sp³-hybridized carbons (Fsp3) is 0.681. The molecule has 0 aliphatic carbocycles. The fourth-order valence-electron chi connectivity index (χ4n) is 8.77. The highest BCUT2D eigenvalue weighted by atomic mass is 16.7. The van der Waals surface area contributed by atoms with Crippen LogP contribution in [-0.4, -0.2) is 87.4 Å². The molecule has 462 valence electrons. The monoisotopic (exact) mass is 1130 g/mol. The molecule has 0 aliphatic rings. The van der Waals surface area contributed by atoms with Crippen molar-refractivity contribution < 1.29 is 42.9 Å². The highest BCUT2D eigenvalue weighted by Crippen LogP contribution is 2.17. The Morgan fingerprint density at radius 3 is 1.01 bits per heavy atom. The third-order valence-electron chi connectivity index (χ3n) is 13.7. The number of carboxylic acid groups (broad SMARTS) is 1. The number of likely N-dealkylation sites (N-methyl/N-ethyl adjacent to an activating group) is 1. The van der Waals surface area contributed by atoms with Crippen molar-refractivity contribution in [3.63, 3.8) is 0 Å². The molecule has 2 unspecified atom stereocenters. The molecular weight excluding hydrogens is 1010 g/mol. The highest BCUT2D eigenvalue weighted by molar-refractivity contribution is 5.71. The Morgan fingerprint density at radius 2 is 0.667 bits per heavy atom. The molecule has 0 radical (unpaired) electrons. The van der Waals surface area contributed by atoms with Crippen LogP contribution < -0.4 is 0 Å². The van der Waals surface area contributed by atoms with Crippen LogP contribution in [-0.2, 0) is 33.3 Å². The van der Waals surface area contributed by atoms with E-state index in [1.54, 1.807) is 0 Å². The minimum Gasteiger partial charge on any atom is -0.477 e. The molecule has 0 saturated heterocycles. The Hall–Kier alpha value is -4.31. The van der Waals surface area contributed by atoms with Crippen molar-refractivity contribution in [3.8, 4) is 0 Å². The number of esters is 2. The average Bonchev–Trinajstić information content (AvgIpc) is 3.44. The molecule has 0 aromatic carbocycles. The standard InChI is InChI=1S/C72H121NO8/c1-6-8-10-12-14-16-18-20-22-23-24-25-26-27-28-29-30-31-32-33-34-35-36-37-38-39-40-41-42-43-44-45-46-47-49-51-53-55-57-59-61-63-70(75)81-68(67-80-72(71(76)77)78-65-64-73(3,4)5)66-79-69(74)62-60-58-56-54-52-50-48-21-19-17-15-13-11-9-7-2/h8-11,14-17,20-22,24-25,27-28,30-31,48,52,54,68,72H,6-7,12-13,18-19,23,26,29,32-47,49-51,53,55-67H2,1-5H3/p+1/b10-8-,11-9-,16-14-,17-15-,22-20-,25-24-,28-27-,31-30-,48-21-,54-52-. The molecule has 9 heteroatoms. The molecule has 1 N–H and O–H groups in total. The summed E-state index contributed by atoms with van der Waals surface area (Å²) in [4.78, 5) is 37.4. The van der Waals surface area contributed by atoms with Crippen LogP contribution in [0.5, 0.6) is 0 Å². The van der Waals surface area contributed by atoms with E-state index in [-0.39, 0.29) is 38.6 Å². The number of hydrogen-bond acceptors (Lipinski definition) is 7. The Labute approximate surface area is 497 Å². The predicted octanol–water partition coefficient (Wildman–Crippen LogP) is 20.0. The summed E-state index contributed by atoms with van der Waals surface area (Å²) in [6, 6.07) is 0. The molecule has 0 aromatic rings. The van der Waals surface area contributed by atoms with Crippen LogP contribution in [0.2, 0.25) is 0 Å². The Kier molecular flexibility index (Phi) is 58.5. The van der Waals surface area contributed by atoms with Crippen LogP contribution >= 0.6 is 0 Å². The number of carboxylic acids is 1. The van der Waals surface area contributed by atoms with E-state index >= 15 is 0 Å². The number of rotatable bonds is 59. The minimum atomic E-state index is -1.52. The van der Waals surface area contributed by atoms with Gasteiger partial charge in [0.25, 0.3) is 6.29 Å². The zero-order valence-corrected chi connectivity index (χ0v) is 52.7. The van der Waals surface area contributed by atoms with Crippen LogP contribution in [0.15, 0.2) is 122 Å². The number of aliphatic carboxylic acids is 1. The molecule has 2 atom stereocenters. The molecule has 0 aromatic heterocycles. The molecule has 9 nitrogen and oxygen atoms in total. The van der Waals surface area contributed by atoms with Crippen LogP contribution in [0.4, 0.5) is 0 Å². The predicted molar refractivity (Wildman–Crippen MR) is 345 cm³/mol. The van der Waals surface area contributed by atoms with Gasteiger partial charge in [0, 0.05) is 12.8 Å².